The Hall–Kier alpha value is -1.88. The average Bonchev–Trinajstić information content (AvgIpc) is 2.70. The van der Waals surface area contributed by atoms with E-state index in [1.165, 1.54) is 11.1 Å². The standard InChI is InChI=1S/C23H22BrCl2NO2/c1-14-4-6-18(8-15(14)2)27-12-17-9-19(24)23(22(11-17)28-3)29-13-16-5-7-20(25)21(26)10-16/h4-11,27H,12-13H2,1-3H3. The lowest BCUT2D eigenvalue weighted by Crippen LogP contribution is -2.03. The minimum Gasteiger partial charge on any atom is -0.493 e. The zero-order valence-corrected chi connectivity index (χ0v) is 19.6. The molecule has 29 heavy (non-hydrogen) atoms. The molecule has 0 fully saturated rings. The lowest BCUT2D eigenvalue weighted by molar-refractivity contribution is 0.282. The maximum absolute atomic E-state index is 6.08. The normalized spacial score (nSPS) is 10.7. The second kappa shape index (κ2) is 9.75. The van der Waals surface area contributed by atoms with E-state index in [0.29, 0.717) is 34.7 Å². The van der Waals surface area contributed by atoms with Gasteiger partial charge in [0, 0.05) is 12.2 Å². The molecule has 0 atom stereocenters. The molecule has 0 bridgehead atoms. The van der Waals surface area contributed by atoms with Crippen LogP contribution < -0.4 is 14.8 Å². The molecular formula is C23H22BrCl2NO2. The average molecular weight is 495 g/mol. The maximum atomic E-state index is 6.08. The van der Waals surface area contributed by atoms with Gasteiger partial charge in [-0.15, -0.1) is 0 Å². The van der Waals surface area contributed by atoms with Gasteiger partial charge in [0.15, 0.2) is 11.5 Å². The summed E-state index contributed by atoms with van der Waals surface area (Å²) in [5, 5.41) is 4.48. The molecule has 0 spiro atoms. The number of halogens is 3. The topological polar surface area (TPSA) is 30.5 Å². The van der Waals surface area contributed by atoms with E-state index >= 15 is 0 Å². The van der Waals surface area contributed by atoms with Crippen molar-refractivity contribution in [2.45, 2.75) is 27.0 Å². The number of nitrogens with one attached hydrogen (secondary N) is 1. The number of ether oxygens (including phenoxy) is 2. The monoisotopic (exact) mass is 493 g/mol. The fraction of sp³-hybridized carbons (Fsp3) is 0.217. The first-order chi connectivity index (χ1) is 13.9. The first kappa shape index (κ1) is 21.8. The highest BCUT2D eigenvalue weighted by Gasteiger charge is 2.13. The number of methoxy groups -OCH3 is 1. The minimum absolute atomic E-state index is 0.353. The van der Waals surface area contributed by atoms with Gasteiger partial charge in [-0.05, 0) is 88.4 Å². The van der Waals surface area contributed by atoms with Crippen LogP contribution in [0.5, 0.6) is 11.5 Å². The molecule has 0 heterocycles. The van der Waals surface area contributed by atoms with Crippen molar-refractivity contribution in [1.82, 2.24) is 0 Å². The van der Waals surface area contributed by atoms with E-state index in [2.05, 4.69) is 53.3 Å². The van der Waals surface area contributed by atoms with Crippen LogP contribution in [0.1, 0.15) is 22.3 Å². The third-order valence-corrected chi connectivity index (χ3v) is 5.99. The van der Waals surface area contributed by atoms with Gasteiger partial charge in [0.2, 0.25) is 0 Å². The maximum Gasteiger partial charge on any atom is 0.175 e. The Balaban J connectivity index is 1.72. The SMILES string of the molecule is COc1cc(CNc2ccc(C)c(C)c2)cc(Br)c1OCc1ccc(Cl)c(Cl)c1. The molecule has 3 nitrogen and oxygen atoms in total. The van der Waals surface area contributed by atoms with E-state index in [4.69, 9.17) is 32.7 Å². The summed E-state index contributed by atoms with van der Waals surface area (Å²) in [5.74, 6) is 1.31. The van der Waals surface area contributed by atoms with Gasteiger partial charge in [-0.25, -0.2) is 0 Å². The molecule has 0 aliphatic heterocycles. The Labute approximate surface area is 190 Å². The Morgan fingerprint density at radius 2 is 1.69 bits per heavy atom. The van der Waals surface area contributed by atoms with Gasteiger partial charge in [-0.1, -0.05) is 35.3 Å². The molecule has 0 aromatic heterocycles. The van der Waals surface area contributed by atoms with Gasteiger partial charge in [0.05, 0.1) is 21.6 Å². The third-order valence-electron chi connectivity index (χ3n) is 4.66. The molecule has 3 aromatic carbocycles. The number of hydrogen-bond donors (Lipinski definition) is 1. The second-order valence-electron chi connectivity index (χ2n) is 6.80. The number of benzene rings is 3. The highest BCUT2D eigenvalue weighted by atomic mass is 79.9. The number of hydrogen-bond acceptors (Lipinski definition) is 3. The Morgan fingerprint density at radius 1 is 0.897 bits per heavy atom. The molecule has 152 valence electrons. The van der Waals surface area contributed by atoms with Crippen molar-refractivity contribution in [3.05, 3.63) is 85.3 Å². The molecule has 0 radical (unpaired) electrons. The lowest BCUT2D eigenvalue weighted by atomic mass is 10.1. The Kier molecular flexibility index (Phi) is 7.33. The van der Waals surface area contributed by atoms with Gasteiger partial charge in [-0.2, -0.15) is 0 Å². The van der Waals surface area contributed by atoms with E-state index in [1.54, 1.807) is 19.2 Å². The summed E-state index contributed by atoms with van der Waals surface area (Å²) in [6.45, 7) is 5.24. The van der Waals surface area contributed by atoms with E-state index in [9.17, 15) is 0 Å². The van der Waals surface area contributed by atoms with Crippen LogP contribution in [0.3, 0.4) is 0 Å². The second-order valence-corrected chi connectivity index (χ2v) is 8.47. The molecule has 3 aromatic rings. The van der Waals surface area contributed by atoms with Gasteiger partial charge in [0.25, 0.3) is 0 Å². The van der Waals surface area contributed by atoms with Crippen LogP contribution in [0.2, 0.25) is 10.0 Å². The summed E-state index contributed by atoms with van der Waals surface area (Å²) in [4.78, 5) is 0. The lowest BCUT2D eigenvalue weighted by Gasteiger charge is -2.15. The van der Waals surface area contributed by atoms with Crippen molar-refractivity contribution in [3.8, 4) is 11.5 Å². The first-order valence-electron chi connectivity index (χ1n) is 9.11. The van der Waals surface area contributed by atoms with Crippen molar-refractivity contribution < 1.29 is 9.47 Å². The quantitative estimate of drug-likeness (QED) is 0.367. The van der Waals surface area contributed by atoms with Gasteiger partial charge >= 0.3 is 0 Å². The van der Waals surface area contributed by atoms with Crippen LogP contribution in [0.15, 0.2) is 53.0 Å². The summed E-state index contributed by atoms with van der Waals surface area (Å²) in [6, 6.07) is 15.8. The summed E-state index contributed by atoms with van der Waals surface area (Å²) in [7, 11) is 1.63. The van der Waals surface area contributed by atoms with Gasteiger partial charge < -0.3 is 14.8 Å². The smallest absolute Gasteiger partial charge is 0.175 e. The van der Waals surface area contributed by atoms with Crippen LogP contribution >= 0.6 is 39.1 Å². The number of rotatable bonds is 7. The molecule has 1 N–H and O–H groups in total. The minimum atomic E-state index is 0.353. The Bertz CT molecular complexity index is 1020. The highest BCUT2D eigenvalue weighted by molar-refractivity contribution is 9.10. The third kappa shape index (κ3) is 5.59. The van der Waals surface area contributed by atoms with Gasteiger partial charge in [0.1, 0.15) is 6.61 Å². The van der Waals surface area contributed by atoms with Gasteiger partial charge in [-0.3, -0.25) is 0 Å². The number of anilines is 1. The van der Waals surface area contributed by atoms with Crippen molar-refractivity contribution in [3.63, 3.8) is 0 Å². The van der Waals surface area contributed by atoms with Crippen molar-refractivity contribution in [2.75, 3.05) is 12.4 Å². The predicted octanol–water partition coefficient (Wildman–Crippen LogP) is 7.57. The van der Waals surface area contributed by atoms with E-state index in [1.807, 2.05) is 18.2 Å². The summed E-state index contributed by atoms with van der Waals surface area (Å²) in [5.41, 5.74) is 5.63. The largest absolute Gasteiger partial charge is 0.493 e. The fourth-order valence-electron chi connectivity index (χ4n) is 2.86. The van der Waals surface area contributed by atoms with Crippen LogP contribution in [0, 0.1) is 13.8 Å². The van der Waals surface area contributed by atoms with Crippen LogP contribution in [-0.4, -0.2) is 7.11 Å². The van der Waals surface area contributed by atoms with E-state index < -0.39 is 0 Å². The summed E-state index contributed by atoms with van der Waals surface area (Å²) < 4.78 is 12.4. The first-order valence-corrected chi connectivity index (χ1v) is 10.7. The zero-order valence-electron chi connectivity index (χ0n) is 16.5. The van der Waals surface area contributed by atoms with Crippen molar-refractivity contribution in [1.29, 1.82) is 0 Å². The van der Waals surface area contributed by atoms with Crippen LogP contribution in [-0.2, 0) is 13.2 Å². The molecule has 0 saturated heterocycles. The zero-order chi connectivity index (χ0) is 21.0. The molecule has 3 rings (SSSR count). The van der Waals surface area contributed by atoms with E-state index in [0.717, 1.165) is 21.3 Å². The molecule has 0 amide bonds. The van der Waals surface area contributed by atoms with Crippen LogP contribution in [0.4, 0.5) is 5.69 Å². The fourth-order valence-corrected chi connectivity index (χ4v) is 3.78. The van der Waals surface area contributed by atoms with Crippen LogP contribution in [0.25, 0.3) is 0 Å². The molecule has 0 saturated carbocycles. The molecular weight excluding hydrogens is 473 g/mol. The van der Waals surface area contributed by atoms with E-state index in [-0.39, 0.29) is 0 Å². The summed E-state index contributed by atoms with van der Waals surface area (Å²) in [6.07, 6.45) is 0. The molecule has 6 heteroatoms. The predicted molar refractivity (Wildman–Crippen MR) is 125 cm³/mol. The number of aryl methyl sites for hydroxylation is 2. The van der Waals surface area contributed by atoms with Crippen molar-refractivity contribution >= 4 is 44.8 Å². The molecule has 0 unspecified atom stereocenters. The molecule has 0 aliphatic rings. The summed E-state index contributed by atoms with van der Waals surface area (Å²) >= 11 is 15.7. The van der Waals surface area contributed by atoms with Crippen molar-refractivity contribution in [2.24, 2.45) is 0 Å². The molecule has 0 aliphatic carbocycles. The Morgan fingerprint density at radius 3 is 2.38 bits per heavy atom. The highest BCUT2D eigenvalue weighted by Crippen LogP contribution is 2.37.